The summed E-state index contributed by atoms with van der Waals surface area (Å²) in [5.74, 6) is 0.603. The van der Waals surface area contributed by atoms with Crippen LogP contribution in [0, 0.1) is 0 Å². The number of amides is 1. The minimum atomic E-state index is -0.0601. The molecule has 0 bridgehead atoms. The number of methoxy groups -OCH3 is 1. The van der Waals surface area contributed by atoms with Crippen LogP contribution in [0.3, 0.4) is 0 Å². The molecular formula is C11H15NO3S. The zero-order valence-electron chi connectivity index (χ0n) is 9.56. The first-order chi connectivity index (χ1) is 7.58. The highest BCUT2D eigenvalue weighted by Crippen LogP contribution is 2.31. The lowest BCUT2D eigenvalue weighted by atomic mass is 10.2. The lowest BCUT2D eigenvalue weighted by molar-refractivity contribution is 0.241. The number of benzene rings is 1. The predicted octanol–water partition coefficient (Wildman–Crippen LogP) is 1.96. The van der Waals surface area contributed by atoms with Crippen LogP contribution in [0.15, 0.2) is 23.1 Å². The first-order valence-corrected chi connectivity index (χ1v) is 5.57. The van der Waals surface area contributed by atoms with Gasteiger partial charge in [0.05, 0.1) is 18.6 Å². The van der Waals surface area contributed by atoms with Crippen LogP contribution in [-0.4, -0.2) is 36.5 Å². The maximum atomic E-state index is 11.5. The third kappa shape index (κ3) is 3.15. The molecule has 1 amide bonds. The van der Waals surface area contributed by atoms with Crippen molar-refractivity contribution in [3.63, 3.8) is 0 Å². The topological polar surface area (TPSA) is 49.8 Å². The van der Waals surface area contributed by atoms with E-state index in [4.69, 9.17) is 9.84 Å². The quantitative estimate of drug-likeness (QED) is 0.822. The van der Waals surface area contributed by atoms with E-state index < -0.39 is 0 Å². The summed E-state index contributed by atoms with van der Waals surface area (Å²) >= 11 is 1.10. The van der Waals surface area contributed by atoms with Gasteiger partial charge in [-0.05, 0) is 29.5 Å². The van der Waals surface area contributed by atoms with Crippen LogP contribution in [0.4, 0.5) is 4.79 Å². The summed E-state index contributed by atoms with van der Waals surface area (Å²) in [5, 5.41) is 8.92. The van der Waals surface area contributed by atoms with Gasteiger partial charge in [0.2, 0.25) is 0 Å². The van der Waals surface area contributed by atoms with Gasteiger partial charge in [-0.3, -0.25) is 4.79 Å². The molecule has 88 valence electrons. The Morgan fingerprint density at radius 2 is 2.19 bits per heavy atom. The number of rotatable bonds is 3. The van der Waals surface area contributed by atoms with E-state index in [-0.39, 0.29) is 11.8 Å². The maximum Gasteiger partial charge on any atom is 0.286 e. The largest absolute Gasteiger partial charge is 0.496 e. The fraction of sp³-hybridized carbons (Fsp3) is 0.364. The van der Waals surface area contributed by atoms with E-state index in [2.05, 4.69) is 0 Å². The van der Waals surface area contributed by atoms with Crippen molar-refractivity contribution in [2.75, 3.05) is 21.2 Å². The van der Waals surface area contributed by atoms with Gasteiger partial charge < -0.3 is 14.7 Å². The minimum Gasteiger partial charge on any atom is -0.496 e. The van der Waals surface area contributed by atoms with Crippen LogP contribution in [-0.2, 0) is 6.61 Å². The molecule has 1 aromatic carbocycles. The van der Waals surface area contributed by atoms with Crippen molar-refractivity contribution in [2.24, 2.45) is 0 Å². The third-order valence-electron chi connectivity index (χ3n) is 1.97. The molecule has 0 aromatic heterocycles. The van der Waals surface area contributed by atoms with Crippen molar-refractivity contribution >= 4 is 17.0 Å². The normalized spacial score (nSPS) is 10.0. The smallest absolute Gasteiger partial charge is 0.286 e. The van der Waals surface area contributed by atoms with E-state index in [0.29, 0.717) is 5.75 Å². The van der Waals surface area contributed by atoms with Crippen molar-refractivity contribution in [3.8, 4) is 5.75 Å². The number of hydrogen-bond donors (Lipinski definition) is 1. The lowest BCUT2D eigenvalue weighted by Crippen LogP contribution is -2.16. The van der Waals surface area contributed by atoms with E-state index in [1.165, 1.54) is 4.90 Å². The molecule has 16 heavy (non-hydrogen) atoms. The van der Waals surface area contributed by atoms with Crippen LogP contribution in [0.25, 0.3) is 0 Å². The van der Waals surface area contributed by atoms with E-state index in [0.717, 1.165) is 22.2 Å². The van der Waals surface area contributed by atoms with Gasteiger partial charge in [0.15, 0.2) is 0 Å². The number of aliphatic hydroxyl groups is 1. The molecule has 0 atom stereocenters. The number of aliphatic hydroxyl groups excluding tert-OH is 1. The Balaban J connectivity index is 2.91. The van der Waals surface area contributed by atoms with Gasteiger partial charge in [-0.15, -0.1) is 0 Å². The van der Waals surface area contributed by atoms with Gasteiger partial charge >= 0.3 is 0 Å². The fourth-order valence-electron chi connectivity index (χ4n) is 1.08. The average molecular weight is 241 g/mol. The van der Waals surface area contributed by atoms with Crippen LogP contribution in [0.2, 0.25) is 0 Å². The Bertz CT molecular complexity index is 379. The number of nitrogens with zero attached hydrogens (tertiary/aromatic N) is 1. The highest BCUT2D eigenvalue weighted by molar-refractivity contribution is 8.13. The second-order valence-electron chi connectivity index (χ2n) is 3.41. The molecule has 1 N–H and O–H groups in total. The number of carbonyl (C=O) groups is 1. The Kier molecular flexibility index (Phi) is 4.64. The van der Waals surface area contributed by atoms with Gasteiger partial charge in [-0.2, -0.15) is 0 Å². The average Bonchev–Trinajstić information content (AvgIpc) is 2.29. The molecule has 5 heteroatoms. The number of thioether (sulfide) groups is 1. The highest BCUT2D eigenvalue weighted by Gasteiger charge is 2.11. The number of carbonyl (C=O) groups excluding carboxylic acids is 1. The van der Waals surface area contributed by atoms with Crippen LogP contribution >= 0.6 is 11.8 Å². The molecule has 0 aliphatic carbocycles. The fourth-order valence-corrected chi connectivity index (χ4v) is 1.83. The Morgan fingerprint density at radius 1 is 1.50 bits per heavy atom. The highest BCUT2D eigenvalue weighted by atomic mass is 32.2. The van der Waals surface area contributed by atoms with Gasteiger partial charge in [-0.1, -0.05) is 6.07 Å². The molecular weight excluding hydrogens is 226 g/mol. The summed E-state index contributed by atoms with van der Waals surface area (Å²) in [6.07, 6.45) is 0. The molecule has 0 aliphatic rings. The molecule has 0 aliphatic heterocycles. The summed E-state index contributed by atoms with van der Waals surface area (Å²) in [6, 6.07) is 5.27. The predicted molar refractivity (Wildman–Crippen MR) is 63.9 cm³/mol. The molecule has 0 saturated heterocycles. The number of ether oxygens (including phenoxy) is 1. The zero-order valence-corrected chi connectivity index (χ0v) is 10.4. The minimum absolute atomic E-state index is 0.0388. The lowest BCUT2D eigenvalue weighted by Gasteiger charge is -2.12. The van der Waals surface area contributed by atoms with Gasteiger partial charge in [0.25, 0.3) is 5.24 Å². The Labute approximate surface area is 99.2 Å². The monoisotopic (exact) mass is 241 g/mol. The Hall–Kier alpha value is -1.20. The molecule has 0 fully saturated rings. The van der Waals surface area contributed by atoms with Crippen molar-refractivity contribution in [3.05, 3.63) is 23.8 Å². The summed E-state index contributed by atoms with van der Waals surface area (Å²) in [6.45, 7) is -0.0388. The van der Waals surface area contributed by atoms with E-state index >= 15 is 0 Å². The standard InChI is InChI=1S/C11H15NO3S/c1-12(2)11(14)16-10-5-4-8(7-13)6-9(10)15-3/h4-6,13H,7H2,1-3H3. The van der Waals surface area contributed by atoms with Gasteiger partial charge in [0, 0.05) is 14.1 Å². The summed E-state index contributed by atoms with van der Waals surface area (Å²) in [5.41, 5.74) is 0.763. The molecule has 0 radical (unpaired) electrons. The van der Waals surface area contributed by atoms with Crippen LogP contribution in [0.1, 0.15) is 5.56 Å². The maximum absolute atomic E-state index is 11.5. The molecule has 0 heterocycles. The first kappa shape index (κ1) is 12.9. The molecule has 0 spiro atoms. The first-order valence-electron chi connectivity index (χ1n) is 4.75. The number of hydrogen-bond acceptors (Lipinski definition) is 4. The van der Waals surface area contributed by atoms with Crippen molar-refractivity contribution in [2.45, 2.75) is 11.5 Å². The molecule has 1 aromatic rings. The van der Waals surface area contributed by atoms with Crippen molar-refractivity contribution in [1.29, 1.82) is 0 Å². The van der Waals surface area contributed by atoms with Crippen molar-refractivity contribution < 1.29 is 14.6 Å². The SMILES string of the molecule is COc1cc(CO)ccc1SC(=O)N(C)C. The molecule has 0 saturated carbocycles. The molecule has 4 nitrogen and oxygen atoms in total. The van der Waals surface area contributed by atoms with E-state index in [1.807, 2.05) is 0 Å². The second kappa shape index (κ2) is 5.77. The second-order valence-corrected chi connectivity index (χ2v) is 4.40. The third-order valence-corrected chi connectivity index (χ3v) is 3.07. The summed E-state index contributed by atoms with van der Waals surface area (Å²) < 4.78 is 5.17. The zero-order chi connectivity index (χ0) is 12.1. The summed E-state index contributed by atoms with van der Waals surface area (Å²) in [4.78, 5) is 13.8. The summed E-state index contributed by atoms with van der Waals surface area (Å²) in [7, 11) is 4.94. The van der Waals surface area contributed by atoms with Crippen LogP contribution in [0.5, 0.6) is 5.75 Å². The molecule has 1 rings (SSSR count). The van der Waals surface area contributed by atoms with Gasteiger partial charge in [0.1, 0.15) is 5.75 Å². The van der Waals surface area contributed by atoms with E-state index in [9.17, 15) is 4.79 Å². The van der Waals surface area contributed by atoms with Crippen LogP contribution < -0.4 is 4.74 Å². The Morgan fingerprint density at radius 3 is 2.69 bits per heavy atom. The molecule has 0 unspecified atom stereocenters. The van der Waals surface area contributed by atoms with Crippen molar-refractivity contribution in [1.82, 2.24) is 4.90 Å². The van der Waals surface area contributed by atoms with E-state index in [1.54, 1.807) is 39.4 Å². The van der Waals surface area contributed by atoms with Gasteiger partial charge in [-0.25, -0.2) is 0 Å².